The summed E-state index contributed by atoms with van der Waals surface area (Å²) in [5.41, 5.74) is 0.929. The van der Waals surface area contributed by atoms with Crippen molar-refractivity contribution in [1.29, 1.82) is 0 Å². The number of rotatable bonds is 5. The van der Waals surface area contributed by atoms with Crippen molar-refractivity contribution in [3.63, 3.8) is 0 Å². The van der Waals surface area contributed by atoms with Crippen LogP contribution in [0, 0.1) is 0 Å². The molecular weight excluding hydrogens is 274 g/mol. The molecule has 0 atom stereocenters. The first-order chi connectivity index (χ1) is 9.54. The van der Waals surface area contributed by atoms with Crippen LogP contribution < -0.4 is 0 Å². The minimum atomic E-state index is -3.60. The van der Waals surface area contributed by atoms with Gasteiger partial charge in [0.25, 0.3) is 0 Å². The first kappa shape index (κ1) is 14.6. The molecule has 0 radical (unpaired) electrons. The van der Waals surface area contributed by atoms with Crippen molar-refractivity contribution in [1.82, 2.24) is 4.31 Å². The Hall–Kier alpha value is -1.85. The van der Waals surface area contributed by atoms with Gasteiger partial charge in [-0.05, 0) is 23.8 Å². The Bertz CT molecular complexity index is 669. The fourth-order valence-corrected chi connectivity index (χ4v) is 3.42. The maximum atomic E-state index is 12.5. The van der Waals surface area contributed by atoms with Gasteiger partial charge in [0.2, 0.25) is 10.0 Å². The Morgan fingerprint density at radius 1 is 1.05 bits per heavy atom. The summed E-state index contributed by atoms with van der Waals surface area (Å²) < 4.78 is 26.5. The van der Waals surface area contributed by atoms with Crippen LogP contribution in [0.4, 0.5) is 0 Å². The van der Waals surface area contributed by atoms with Crippen molar-refractivity contribution >= 4 is 10.0 Å². The fraction of sp³-hybridized carbons (Fsp3) is 0.200. The summed E-state index contributed by atoms with van der Waals surface area (Å²) in [4.78, 5) is 0.107. The Morgan fingerprint density at radius 3 is 2.35 bits per heavy atom. The largest absolute Gasteiger partial charge is 0.508 e. The highest BCUT2D eigenvalue weighted by molar-refractivity contribution is 7.89. The SMILES string of the molecule is CCN(Cc1ccccc1)S(=O)(=O)c1cccc(O)c1. The highest BCUT2D eigenvalue weighted by atomic mass is 32.2. The minimum absolute atomic E-state index is 0.0539. The summed E-state index contributed by atoms with van der Waals surface area (Å²) in [6, 6.07) is 15.2. The van der Waals surface area contributed by atoms with Crippen molar-refractivity contribution in [3.8, 4) is 5.75 Å². The van der Waals surface area contributed by atoms with Crippen LogP contribution in [0.15, 0.2) is 59.5 Å². The molecule has 2 aromatic carbocycles. The quantitative estimate of drug-likeness (QED) is 0.921. The summed E-state index contributed by atoms with van der Waals surface area (Å²) in [6.45, 7) is 2.48. The molecule has 106 valence electrons. The van der Waals surface area contributed by atoms with E-state index in [2.05, 4.69) is 0 Å². The van der Waals surface area contributed by atoms with Gasteiger partial charge in [-0.15, -0.1) is 0 Å². The number of hydrogen-bond acceptors (Lipinski definition) is 3. The average molecular weight is 291 g/mol. The normalized spacial score (nSPS) is 11.7. The van der Waals surface area contributed by atoms with Gasteiger partial charge in [0.1, 0.15) is 5.75 Å². The van der Waals surface area contributed by atoms with Crippen LogP contribution in [0.1, 0.15) is 12.5 Å². The molecule has 2 aromatic rings. The van der Waals surface area contributed by atoms with E-state index in [1.165, 1.54) is 28.6 Å². The molecule has 2 rings (SSSR count). The van der Waals surface area contributed by atoms with Gasteiger partial charge in [0.05, 0.1) is 4.90 Å². The third kappa shape index (κ3) is 3.18. The minimum Gasteiger partial charge on any atom is -0.508 e. The second-order valence-corrected chi connectivity index (χ2v) is 6.35. The van der Waals surface area contributed by atoms with E-state index < -0.39 is 10.0 Å². The molecule has 0 aliphatic heterocycles. The molecule has 1 N–H and O–H groups in total. The topological polar surface area (TPSA) is 57.6 Å². The molecule has 0 fully saturated rings. The molecule has 0 aromatic heterocycles. The standard InChI is InChI=1S/C15H17NO3S/c1-2-16(12-13-7-4-3-5-8-13)20(18,19)15-10-6-9-14(17)11-15/h3-11,17H,2,12H2,1H3. The van der Waals surface area contributed by atoms with Crippen LogP contribution in [-0.2, 0) is 16.6 Å². The van der Waals surface area contributed by atoms with Gasteiger partial charge >= 0.3 is 0 Å². The zero-order chi connectivity index (χ0) is 14.6. The van der Waals surface area contributed by atoms with E-state index in [9.17, 15) is 13.5 Å². The molecule has 0 aliphatic carbocycles. The number of hydrogen-bond donors (Lipinski definition) is 1. The van der Waals surface area contributed by atoms with Crippen molar-refractivity contribution in [2.45, 2.75) is 18.4 Å². The van der Waals surface area contributed by atoms with E-state index in [4.69, 9.17) is 0 Å². The Labute approximate surface area is 119 Å². The van der Waals surface area contributed by atoms with Crippen LogP contribution in [0.25, 0.3) is 0 Å². The molecule has 0 aliphatic rings. The van der Waals surface area contributed by atoms with Crippen molar-refractivity contribution in [2.24, 2.45) is 0 Å². The lowest BCUT2D eigenvalue weighted by molar-refractivity contribution is 0.422. The molecule has 0 spiro atoms. The van der Waals surface area contributed by atoms with Gasteiger partial charge in [0.15, 0.2) is 0 Å². The molecule has 0 unspecified atom stereocenters. The molecule has 0 amide bonds. The van der Waals surface area contributed by atoms with E-state index in [0.29, 0.717) is 13.1 Å². The summed E-state index contributed by atoms with van der Waals surface area (Å²) >= 11 is 0. The third-order valence-electron chi connectivity index (χ3n) is 3.01. The van der Waals surface area contributed by atoms with Gasteiger partial charge in [-0.1, -0.05) is 43.3 Å². The zero-order valence-electron chi connectivity index (χ0n) is 11.2. The lowest BCUT2D eigenvalue weighted by atomic mass is 10.2. The number of phenolic OH excluding ortho intramolecular Hbond substituents is 1. The number of sulfonamides is 1. The van der Waals surface area contributed by atoms with Crippen LogP contribution in [-0.4, -0.2) is 24.4 Å². The predicted molar refractivity (Wildman–Crippen MR) is 77.8 cm³/mol. The van der Waals surface area contributed by atoms with Gasteiger partial charge < -0.3 is 5.11 Å². The maximum Gasteiger partial charge on any atom is 0.243 e. The summed E-state index contributed by atoms with van der Waals surface area (Å²) in [6.07, 6.45) is 0. The first-order valence-electron chi connectivity index (χ1n) is 6.37. The molecule has 4 nitrogen and oxygen atoms in total. The lowest BCUT2D eigenvalue weighted by Crippen LogP contribution is -2.30. The predicted octanol–water partition coefficient (Wildman–Crippen LogP) is 2.60. The zero-order valence-corrected chi connectivity index (χ0v) is 12.0. The maximum absolute atomic E-state index is 12.5. The van der Waals surface area contributed by atoms with Crippen LogP contribution in [0.5, 0.6) is 5.75 Å². The summed E-state index contributed by atoms with van der Waals surface area (Å²) in [7, 11) is -3.60. The second kappa shape index (κ2) is 6.07. The van der Waals surface area contributed by atoms with Gasteiger partial charge in [-0.2, -0.15) is 4.31 Å². The molecule has 5 heteroatoms. The van der Waals surface area contributed by atoms with E-state index >= 15 is 0 Å². The lowest BCUT2D eigenvalue weighted by Gasteiger charge is -2.20. The van der Waals surface area contributed by atoms with E-state index in [-0.39, 0.29) is 10.6 Å². The molecule has 0 saturated carbocycles. The fourth-order valence-electron chi connectivity index (χ4n) is 1.95. The summed E-state index contributed by atoms with van der Waals surface area (Å²) in [5, 5.41) is 9.44. The average Bonchev–Trinajstić information content (AvgIpc) is 2.45. The number of benzene rings is 2. The number of aromatic hydroxyl groups is 1. The third-order valence-corrected chi connectivity index (χ3v) is 4.93. The van der Waals surface area contributed by atoms with Gasteiger partial charge in [-0.3, -0.25) is 0 Å². The van der Waals surface area contributed by atoms with E-state index in [1.807, 2.05) is 30.3 Å². The number of phenols is 1. The van der Waals surface area contributed by atoms with Crippen molar-refractivity contribution in [2.75, 3.05) is 6.54 Å². The molecule has 0 saturated heterocycles. The molecule has 20 heavy (non-hydrogen) atoms. The van der Waals surface area contributed by atoms with Crippen LogP contribution in [0.2, 0.25) is 0 Å². The molecular formula is C15H17NO3S. The highest BCUT2D eigenvalue weighted by Gasteiger charge is 2.23. The van der Waals surface area contributed by atoms with Gasteiger partial charge in [-0.25, -0.2) is 8.42 Å². The second-order valence-electron chi connectivity index (χ2n) is 4.41. The Kier molecular flexibility index (Phi) is 4.42. The van der Waals surface area contributed by atoms with Gasteiger partial charge in [0, 0.05) is 13.1 Å². The van der Waals surface area contributed by atoms with E-state index in [1.54, 1.807) is 6.92 Å². The highest BCUT2D eigenvalue weighted by Crippen LogP contribution is 2.21. The van der Waals surface area contributed by atoms with Crippen molar-refractivity contribution in [3.05, 3.63) is 60.2 Å². The number of nitrogens with zero attached hydrogens (tertiary/aromatic N) is 1. The summed E-state index contributed by atoms with van der Waals surface area (Å²) in [5.74, 6) is -0.0539. The van der Waals surface area contributed by atoms with Crippen LogP contribution in [0.3, 0.4) is 0 Å². The monoisotopic (exact) mass is 291 g/mol. The van der Waals surface area contributed by atoms with Crippen molar-refractivity contribution < 1.29 is 13.5 Å². The Morgan fingerprint density at radius 2 is 1.75 bits per heavy atom. The molecule has 0 heterocycles. The Balaban J connectivity index is 2.31. The van der Waals surface area contributed by atoms with Crippen LogP contribution >= 0.6 is 0 Å². The smallest absolute Gasteiger partial charge is 0.243 e. The van der Waals surface area contributed by atoms with E-state index in [0.717, 1.165) is 5.56 Å². The molecule has 0 bridgehead atoms. The first-order valence-corrected chi connectivity index (χ1v) is 7.81.